The number of aromatic nitrogens is 1. The molecule has 0 aliphatic rings. The smallest absolute Gasteiger partial charge is 0.326 e. The molecule has 31 nitrogen and oxygen atoms in total. The molecular weight excluding hydrogens is 1080 g/mol. The summed E-state index contributed by atoms with van der Waals surface area (Å²) in [4.78, 5) is 173. The number of H-pyrrole nitrogens is 1. The number of carboxylic acid groups (broad SMARTS) is 2. The minimum absolute atomic E-state index is 0.112. The molecule has 2 rings (SSSR count). The van der Waals surface area contributed by atoms with Crippen molar-refractivity contribution in [3.63, 3.8) is 0 Å². The van der Waals surface area contributed by atoms with Gasteiger partial charge in [0.25, 0.3) is 0 Å². The largest absolute Gasteiger partial charge is 0.481 e. The van der Waals surface area contributed by atoms with Gasteiger partial charge < -0.3 is 95.6 Å². The van der Waals surface area contributed by atoms with Crippen molar-refractivity contribution in [3.05, 3.63) is 36.0 Å². The number of fused-ring (bicyclic) bond motifs is 1. The van der Waals surface area contributed by atoms with Gasteiger partial charge in [0.2, 0.25) is 65.0 Å². The van der Waals surface area contributed by atoms with Crippen molar-refractivity contribution in [2.24, 2.45) is 29.0 Å². The van der Waals surface area contributed by atoms with Crippen LogP contribution in [-0.2, 0) is 68.7 Å². The molecule has 0 unspecified atom stereocenters. The summed E-state index contributed by atoms with van der Waals surface area (Å²) in [6.45, 7) is 7.05. The molecule has 21 N–H and O–H groups in total. The van der Waals surface area contributed by atoms with Gasteiger partial charge >= 0.3 is 11.9 Å². The molecule has 0 bridgehead atoms. The van der Waals surface area contributed by atoms with Crippen molar-refractivity contribution in [2.75, 3.05) is 13.2 Å². The van der Waals surface area contributed by atoms with Crippen LogP contribution in [0.2, 0.25) is 0 Å². The van der Waals surface area contributed by atoms with Crippen LogP contribution in [0.4, 0.5) is 0 Å². The third-order valence-corrected chi connectivity index (χ3v) is 12.9. The zero-order valence-electron chi connectivity index (χ0n) is 46.4. The molecule has 0 aliphatic carbocycles. The summed E-state index contributed by atoms with van der Waals surface area (Å²) in [6, 6.07) is -7.69. The molecule has 0 aliphatic heterocycles. The molecule has 2 aromatic rings. The molecule has 0 fully saturated rings. The third kappa shape index (κ3) is 23.4. The third-order valence-electron chi connectivity index (χ3n) is 12.9. The topological polar surface area (TPSA) is 525 Å². The van der Waals surface area contributed by atoms with Crippen LogP contribution in [0.5, 0.6) is 0 Å². The molecule has 0 saturated carbocycles. The number of nitrogens with two attached hydrogens (primary N) is 3. The minimum Gasteiger partial charge on any atom is -0.481 e. The van der Waals surface area contributed by atoms with Crippen LogP contribution in [0.3, 0.4) is 0 Å². The molecule has 456 valence electrons. The van der Waals surface area contributed by atoms with Crippen molar-refractivity contribution >= 4 is 87.8 Å². The fourth-order valence-electron chi connectivity index (χ4n) is 7.97. The van der Waals surface area contributed by atoms with Gasteiger partial charge in [-0.3, -0.25) is 57.5 Å². The Morgan fingerprint density at radius 3 is 1.51 bits per heavy atom. The van der Waals surface area contributed by atoms with Crippen LogP contribution in [-0.4, -0.2) is 187 Å². The number of primary amides is 2. The summed E-state index contributed by atoms with van der Waals surface area (Å²) >= 11 is 0. The van der Waals surface area contributed by atoms with Crippen LogP contribution in [0, 0.1) is 11.8 Å². The molecule has 11 amide bonds. The summed E-state index contributed by atoms with van der Waals surface area (Å²) in [7, 11) is 0. The van der Waals surface area contributed by atoms with Crippen LogP contribution in [0.1, 0.15) is 98.5 Å². The highest BCUT2D eigenvalue weighted by molar-refractivity contribution is 5.99. The Balaban J connectivity index is 2.37. The number of hydrogen-bond acceptors (Lipinski definition) is 17. The fraction of sp³-hybridized carbons (Fsp3) is 0.588. The number of hydrogen-bond donors (Lipinski definition) is 18. The van der Waals surface area contributed by atoms with Crippen molar-refractivity contribution in [1.29, 1.82) is 0 Å². The summed E-state index contributed by atoms with van der Waals surface area (Å²) < 4.78 is 0. The van der Waals surface area contributed by atoms with Gasteiger partial charge in [0.1, 0.15) is 54.4 Å². The summed E-state index contributed by atoms with van der Waals surface area (Å²) in [5.74, 6) is -15.5. The molecule has 82 heavy (non-hydrogen) atoms. The lowest BCUT2D eigenvalue weighted by Crippen LogP contribution is -2.62. The van der Waals surface area contributed by atoms with E-state index in [-0.39, 0.29) is 25.2 Å². The number of aliphatic hydroxyl groups excluding tert-OH is 3. The first-order chi connectivity index (χ1) is 38.4. The molecule has 0 spiro atoms. The number of carbonyl (C=O) groups excluding carboxylic acids is 11. The maximum Gasteiger partial charge on any atom is 0.326 e. The first-order valence-corrected chi connectivity index (χ1v) is 26.4. The normalized spacial score (nSPS) is 15.6. The highest BCUT2D eigenvalue weighted by Gasteiger charge is 2.37. The maximum atomic E-state index is 14.1. The fourth-order valence-corrected chi connectivity index (χ4v) is 7.97. The van der Waals surface area contributed by atoms with Crippen molar-refractivity contribution in [1.82, 2.24) is 52.8 Å². The number of carbonyl (C=O) groups is 13. The van der Waals surface area contributed by atoms with Gasteiger partial charge in [-0.15, -0.1) is 0 Å². The predicted molar refractivity (Wildman–Crippen MR) is 289 cm³/mol. The number of aliphatic hydroxyl groups is 3. The van der Waals surface area contributed by atoms with E-state index in [0.717, 1.165) is 17.8 Å². The predicted octanol–water partition coefficient (Wildman–Crippen LogP) is -5.64. The van der Waals surface area contributed by atoms with E-state index in [4.69, 9.17) is 17.2 Å². The first kappa shape index (κ1) is 69.8. The van der Waals surface area contributed by atoms with E-state index >= 15 is 0 Å². The monoisotopic (exact) mass is 1160 g/mol. The van der Waals surface area contributed by atoms with E-state index in [1.165, 1.54) is 6.92 Å². The molecule has 12 atom stereocenters. The zero-order valence-corrected chi connectivity index (χ0v) is 46.4. The Labute approximate surface area is 471 Å². The van der Waals surface area contributed by atoms with Gasteiger partial charge in [-0.25, -0.2) is 4.79 Å². The van der Waals surface area contributed by atoms with Crippen LogP contribution < -0.4 is 65.1 Å². The van der Waals surface area contributed by atoms with E-state index in [1.54, 1.807) is 58.2 Å². The number of nitrogens with one attached hydrogen (secondary N) is 10. The Hall–Kier alpha value is -8.29. The Bertz CT molecular complexity index is 2590. The molecular formula is C51H79N13O18. The lowest BCUT2D eigenvalue weighted by Gasteiger charge is -2.29. The van der Waals surface area contributed by atoms with Crippen LogP contribution >= 0.6 is 0 Å². The quantitative estimate of drug-likeness (QED) is 0.0300. The average molecular weight is 1160 g/mol. The zero-order chi connectivity index (χ0) is 62.1. The van der Waals surface area contributed by atoms with Crippen LogP contribution in [0.15, 0.2) is 30.5 Å². The number of rotatable bonds is 37. The second-order valence-electron chi connectivity index (χ2n) is 20.2. The SMILES string of the molecule is CC[C@H](C)[C@H](NC(=O)[C@H](CCC(N)=O)NC(=O)[C@H](CCC(=O)O)NC(=O)[C@H](CCC(N)=O)NC(=O)[C@H](CC(C)C)NC(=O)[C@@H](NC(=O)[C@H](CO)NC(=O)[C@@H](N)[C@@H](C)O)[C@@H](C)O)C(=O)NCC(=O)N[C@@H](Cc1c[nH]c2ccccc12)C(=O)O. The lowest BCUT2D eigenvalue weighted by molar-refractivity contribution is -0.141. The minimum atomic E-state index is -1.85. The summed E-state index contributed by atoms with van der Waals surface area (Å²) in [5.41, 5.74) is 17.7. The van der Waals surface area contributed by atoms with Gasteiger partial charge in [0, 0.05) is 42.8 Å². The number of carboxylic acids is 2. The Morgan fingerprint density at radius 2 is 1.04 bits per heavy atom. The van der Waals surface area contributed by atoms with Gasteiger partial charge in [-0.1, -0.05) is 52.3 Å². The van der Waals surface area contributed by atoms with Gasteiger partial charge in [0.05, 0.1) is 25.4 Å². The molecule has 31 heteroatoms. The van der Waals surface area contributed by atoms with Gasteiger partial charge in [0.15, 0.2) is 0 Å². The molecule has 1 heterocycles. The van der Waals surface area contributed by atoms with E-state index in [2.05, 4.69) is 52.8 Å². The highest BCUT2D eigenvalue weighted by Crippen LogP contribution is 2.19. The van der Waals surface area contributed by atoms with E-state index in [9.17, 15) is 87.9 Å². The van der Waals surface area contributed by atoms with E-state index < -0.39 is 201 Å². The lowest BCUT2D eigenvalue weighted by atomic mass is 9.97. The molecule has 0 radical (unpaired) electrons. The van der Waals surface area contributed by atoms with Crippen molar-refractivity contribution < 1.29 is 87.9 Å². The Morgan fingerprint density at radius 1 is 0.561 bits per heavy atom. The van der Waals surface area contributed by atoms with E-state index in [1.807, 2.05) is 0 Å². The number of aliphatic carboxylic acids is 2. The Kier molecular flexibility index (Phi) is 29.0. The summed E-state index contributed by atoms with van der Waals surface area (Å²) in [6.07, 6.45) is -5.03. The van der Waals surface area contributed by atoms with Gasteiger partial charge in [-0.05, 0) is 63.0 Å². The number of aromatic amines is 1. The average Bonchev–Trinajstić information content (AvgIpc) is 3.92. The molecule has 1 aromatic heterocycles. The summed E-state index contributed by atoms with van der Waals surface area (Å²) in [5, 5.41) is 71.1. The number of benzene rings is 1. The standard InChI is InChI=1S/C51H79N13O18/c1-7-24(4)41(49(79)56-21-38(70)57-34(51(81)82)19-27-20-55-29-11-9-8-10-28(27)29)63-45(75)31(13-16-37(53)69)58-44(74)32(14-17-39(71)72)59-43(73)30(12-15-36(52)68)60-46(76)33(18-23(2)3)61-50(80)42(26(6)67)64-47(77)35(22-65)62-48(78)40(54)25(5)66/h8-11,20,23-26,30-35,40-42,55,65-67H,7,12-19,21-22,54H2,1-6H3,(H2,52,68)(H2,53,69)(H,56,79)(H,57,70)(H,58,74)(H,59,73)(H,60,76)(H,61,80)(H,62,78)(H,63,75)(H,64,77)(H,71,72)(H,81,82)/t24-,25+,26+,30-,31-,32-,33-,34-,35-,40-,41-,42-/m0/s1. The maximum absolute atomic E-state index is 14.1. The van der Waals surface area contributed by atoms with Crippen molar-refractivity contribution in [3.8, 4) is 0 Å². The second-order valence-corrected chi connectivity index (χ2v) is 20.2. The van der Waals surface area contributed by atoms with E-state index in [0.29, 0.717) is 5.56 Å². The highest BCUT2D eigenvalue weighted by atomic mass is 16.4. The van der Waals surface area contributed by atoms with Crippen LogP contribution in [0.25, 0.3) is 10.9 Å². The molecule has 0 saturated heterocycles. The molecule has 1 aromatic carbocycles. The first-order valence-electron chi connectivity index (χ1n) is 26.4. The number of amides is 11. The van der Waals surface area contributed by atoms with Gasteiger partial charge in [-0.2, -0.15) is 0 Å². The second kappa shape index (κ2) is 34.1. The van der Waals surface area contributed by atoms with Crippen molar-refractivity contribution in [2.45, 2.75) is 166 Å². The number of para-hydroxylation sites is 1.